The maximum atomic E-state index is 12.3. The van der Waals surface area contributed by atoms with E-state index in [1.165, 1.54) is 7.11 Å². The Morgan fingerprint density at radius 1 is 1.14 bits per heavy atom. The summed E-state index contributed by atoms with van der Waals surface area (Å²) >= 11 is 3.41. The molecule has 0 unspecified atom stereocenters. The first kappa shape index (κ1) is 15.4. The maximum Gasteiger partial charge on any atom is 0.255 e. The van der Waals surface area contributed by atoms with Crippen LogP contribution in [0.15, 0.2) is 46.9 Å². The van der Waals surface area contributed by atoms with Gasteiger partial charge in [0, 0.05) is 11.0 Å². The number of carbonyl (C=O) groups excluding carboxylic acids is 1. The van der Waals surface area contributed by atoms with E-state index in [9.17, 15) is 4.79 Å². The van der Waals surface area contributed by atoms with Crippen molar-refractivity contribution in [2.24, 2.45) is 0 Å². The molecule has 4 nitrogen and oxygen atoms in total. The predicted molar refractivity (Wildman–Crippen MR) is 84.9 cm³/mol. The summed E-state index contributed by atoms with van der Waals surface area (Å²) in [5.41, 5.74) is 1.46. The Bertz CT molecular complexity index is 643. The molecular weight excluding hydrogens is 334 g/mol. The average Bonchev–Trinajstić information content (AvgIpc) is 2.51. The van der Waals surface area contributed by atoms with E-state index in [1.807, 2.05) is 24.3 Å². The lowest BCUT2D eigenvalue weighted by Gasteiger charge is -2.12. The summed E-state index contributed by atoms with van der Waals surface area (Å²) in [7, 11) is 3.06. The van der Waals surface area contributed by atoms with Gasteiger partial charge in [-0.25, -0.2) is 0 Å². The lowest BCUT2D eigenvalue weighted by atomic mass is 10.1. The summed E-state index contributed by atoms with van der Waals surface area (Å²) in [6.07, 6.45) is 0. The first-order valence-electron chi connectivity index (χ1n) is 6.39. The zero-order valence-corrected chi connectivity index (χ0v) is 13.4. The summed E-state index contributed by atoms with van der Waals surface area (Å²) in [6, 6.07) is 13.0. The van der Waals surface area contributed by atoms with Crippen LogP contribution in [0.4, 0.5) is 0 Å². The zero-order chi connectivity index (χ0) is 15.2. The number of benzene rings is 2. The monoisotopic (exact) mass is 349 g/mol. The summed E-state index contributed by atoms with van der Waals surface area (Å²) < 4.78 is 11.4. The van der Waals surface area contributed by atoms with Crippen LogP contribution in [0.3, 0.4) is 0 Å². The summed E-state index contributed by atoms with van der Waals surface area (Å²) in [5.74, 6) is 0.769. The zero-order valence-electron chi connectivity index (χ0n) is 11.9. The van der Waals surface area contributed by atoms with Gasteiger partial charge >= 0.3 is 0 Å². The van der Waals surface area contributed by atoms with E-state index in [0.717, 1.165) is 10.0 Å². The lowest BCUT2D eigenvalue weighted by Crippen LogP contribution is -2.23. The number of nitrogens with one attached hydrogen (secondary N) is 1. The molecule has 0 saturated heterocycles. The van der Waals surface area contributed by atoms with E-state index in [-0.39, 0.29) is 5.91 Å². The van der Waals surface area contributed by atoms with Gasteiger partial charge in [0.1, 0.15) is 0 Å². The molecule has 0 aliphatic rings. The molecule has 0 aromatic heterocycles. The molecule has 2 aromatic carbocycles. The Labute approximate surface area is 132 Å². The van der Waals surface area contributed by atoms with Gasteiger partial charge in [-0.3, -0.25) is 4.79 Å². The van der Waals surface area contributed by atoms with Crippen molar-refractivity contribution in [1.82, 2.24) is 5.32 Å². The van der Waals surface area contributed by atoms with Crippen LogP contribution >= 0.6 is 15.9 Å². The minimum Gasteiger partial charge on any atom is -0.493 e. The van der Waals surface area contributed by atoms with Crippen LogP contribution in [0, 0.1) is 0 Å². The van der Waals surface area contributed by atoms with E-state index >= 15 is 0 Å². The molecule has 0 aliphatic heterocycles. The minimum absolute atomic E-state index is 0.203. The van der Waals surface area contributed by atoms with Crippen LogP contribution in [0.2, 0.25) is 0 Å². The third-order valence-electron chi connectivity index (χ3n) is 2.99. The van der Waals surface area contributed by atoms with Crippen LogP contribution in [0.1, 0.15) is 15.9 Å². The number of methoxy groups -OCH3 is 2. The third-order valence-corrected chi connectivity index (χ3v) is 3.48. The van der Waals surface area contributed by atoms with Gasteiger partial charge in [0.25, 0.3) is 5.91 Å². The van der Waals surface area contributed by atoms with Crippen molar-refractivity contribution in [3.63, 3.8) is 0 Å². The molecule has 5 heteroatoms. The van der Waals surface area contributed by atoms with E-state index in [0.29, 0.717) is 23.6 Å². The molecule has 2 rings (SSSR count). The Morgan fingerprint density at radius 3 is 2.57 bits per heavy atom. The SMILES string of the molecule is COc1cccc(C(=O)NCc2cccc(Br)c2)c1OC. The topological polar surface area (TPSA) is 47.6 Å². The predicted octanol–water partition coefficient (Wildman–Crippen LogP) is 3.40. The third kappa shape index (κ3) is 3.76. The second-order valence-corrected chi connectivity index (χ2v) is 5.27. The molecule has 21 heavy (non-hydrogen) atoms. The van der Waals surface area contributed by atoms with E-state index in [4.69, 9.17) is 9.47 Å². The van der Waals surface area contributed by atoms with E-state index in [2.05, 4.69) is 21.2 Å². The number of amides is 1. The molecule has 1 amide bonds. The quantitative estimate of drug-likeness (QED) is 0.899. The van der Waals surface area contributed by atoms with Crippen LogP contribution in [0.25, 0.3) is 0 Å². The molecule has 0 fully saturated rings. The van der Waals surface area contributed by atoms with Crippen LogP contribution in [-0.4, -0.2) is 20.1 Å². The molecule has 0 saturated carbocycles. The van der Waals surface area contributed by atoms with Crippen molar-refractivity contribution < 1.29 is 14.3 Å². The number of ether oxygens (including phenoxy) is 2. The van der Waals surface area contributed by atoms with Crippen molar-refractivity contribution >= 4 is 21.8 Å². The number of hydrogen-bond donors (Lipinski definition) is 1. The Balaban J connectivity index is 2.14. The molecule has 0 atom stereocenters. The van der Waals surface area contributed by atoms with Crippen LogP contribution in [0.5, 0.6) is 11.5 Å². The molecule has 0 radical (unpaired) electrons. The molecule has 2 aromatic rings. The van der Waals surface area contributed by atoms with Gasteiger partial charge in [-0.2, -0.15) is 0 Å². The van der Waals surface area contributed by atoms with Crippen LogP contribution in [-0.2, 0) is 6.54 Å². The van der Waals surface area contributed by atoms with E-state index in [1.54, 1.807) is 25.3 Å². The Hall–Kier alpha value is -2.01. The highest BCUT2D eigenvalue weighted by atomic mass is 79.9. The summed E-state index contributed by atoms with van der Waals surface area (Å²) in [5, 5.41) is 2.87. The van der Waals surface area contributed by atoms with Gasteiger partial charge in [0.2, 0.25) is 0 Å². The number of halogens is 1. The van der Waals surface area contributed by atoms with Crippen molar-refractivity contribution in [1.29, 1.82) is 0 Å². The molecular formula is C16H16BrNO3. The fourth-order valence-corrected chi connectivity index (χ4v) is 2.44. The fraction of sp³-hybridized carbons (Fsp3) is 0.188. The molecule has 110 valence electrons. The first-order chi connectivity index (χ1) is 10.2. The number of hydrogen-bond acceptors (Lipinski definition) is 3. The highest BCUT2D eigenvalue weighted by Gasteiger charge is 2.15. The average molecular weight is 350 g/mol. The maximum absolute atomic E-state index is 12.3. The molecule has 0 aliphatic carbocycles. The van der Waals surface area contributed by atoms with Gasteiger partial charge in [-0.15, -0.1) is 0 Å². The van der Waals surface area contributed by atoms with Crippen molar-refractivity contribution in [3.05, 3.63) is 58.1 Å². The van der Waals surface area contributed by atoms with Crippen molar-refractivity contribution in [2.45, 2.75) is 6.54 Å². The smallest absolute Gasteiger partial charge is 0.255 e. The molecule has 1 N–H and O–H groups in total. The van der Waals surface area contributed by atoms with Gasteiger partial charge in [0.15, 0.2) is 11.5 Å². The largest absolute Gasteiger partial charge is 0.493 e. The normalized spacial score (nSPS) is 10.0. The van der Waals surface area contributed by atoms with Crippen LogP contribution < -0.4 is 14.8 Å². The molecule has 0 heterocycles. The lowest BCUT2D eigenvalue weighted by molar-refractivity contribution is 0.0947. The highest BCUT2D eigenvalue weighted by Crippen LogP contribution is 2.30. The second kappa shape index (κ2) is 7.13. The molecule has 0 bridgehead atoms. The standard InChI is InChI=1S/C16H16BrNO3/c1-20-14-8-4-7-13(15(14)21-2)16(19)18-10-11-5-3-6-12(17)9-11/h3-9H,10H2,1-2H3,(H,18,19). The Morgan fingerprint density at radius 2 is 1.90 bits per heavy atom. The van der Waals surface area contributed by atoms with Gasteiger partial charge in [-0.1, -0.05) is 34.1 Å². The van der Waals surface area contributed by atoms with Gasteiger partial charge < -0.3 is 14.8 Å². The van der Waals surface area contributed by atoms with Gasteiger partial charge in [0.05, 0.1) is 19.8 Å². The van der Waals surface area contributed by atoms with E-state index < -0.39 is 0 Å². The first-order valence-corrected chi connectivity index (χ1v) is 7.18. The number of carbonyl (C=O) groups is 1. The summed E-state index contributed by atoms with van der Waals surface area (Å²) in [4.78, 5) is 12.3. The van der Waals surface area contributed by atoms with Crippen molar-refractivity contribution in [2.75, 3.05) is 14.2 Å². The number of rotatable bonds is 5. The highest BCUT2D eigenvalue weighted by molar-refractivity contribution is 9.10. The number of para-hydroxylation sites is 1. The fourth-order valence-electron chi connectivity index (χ4n) is 1.99. The van der Waals surface area contributed by atoms with Crippen molar-refractivity contribution in [3.8, 4) is 11.5 Å². The minimum atomic E-state index is -0.203. The molecule has 0 spiro atoms. The summed E-state index contributed by atoms with van der Waals surface area (Å²) in [6.45, 7) is 0.443. The van der Waals surface area contributed by atoms with Gasteiger partial charge in [-0.05, 0) is 29.8 Å². The Kier molecular flexibility index (Phi) is 5.22. The second-order valence-electron chi connectivity index (χ2n) is 4.35.